The van der Waals surface area contributed by atoms with E-state index in [9.17, 15) is 14.7 Å². The van der Waals surface area contributed by atoms with Crippen LogP contribution in [0.4, 0.5) is 0 Å². The number of carbonyl (C=O) groups excluding carboxylic acids is 1. The first-order chi connectivity index (χ1) is 11.7. The van der Waals surface area contributed by atoms with Crippen molar-refractivity contribution in [3.63, 3.8) is 0 Å². The number of aliphatic hydroxyl groups is 1. The molecule has 2 N–H and O–H groups in total. The van der Waals surface area contributed by atoms with Crippen LogP contribution >= 0.6 is 0 Å². The summed E-state index contributed by atoms with van der Waals surface area (Å²) in [7, 11) is 0. The minimum Gasteiger partial charge on any atom is -0.507 e. The molecule has 0 amide bonds. The first kappa shape index (κ1) is 18.6. The number of carboxylic acids is 1. The molecule has 0 bridgehead atoms. The monoisotopic (exact) mass is 341 g/mol. The van der Waals surface area contributed by atoms with Gasteiger partial charge in [-0.05, 0) is 30.4 Å². The molecular formula is C20H23NO4. The van der Waals surface area contributed by atoms with Gasteiger partial charge in [-0.2, -0.15) is 0 Å². The number of aliphatic imine (C=N–C) groups is 1. The van der Waals surface area contributed by atoms with Gasteiger partial charge in [0.05, 0.1) is 11.3 Å². The van der Waals surface area contributed by atoms with Gasteiger partial charge in [0.1, 0.15) is 11.8 Å². The molecule has 1 aromatic rings. The summed E-state index contributed by atoms with van der Waals surface area (Å²) in [5.74, 6) is -1.47. The Balaban J connectivity index is 2.43. The van der Waals surface area contributed by atoms with E-state index in [-0.39, 0.29) is 29.0 Å². The van der Waals surface area contributed by atoms with E-state index >= 15 is 0 Å². The van der Waals surface area contributed by atoms with Crippen LogP contribution in [0.1, 0.15) is 39.2 Å². The quantitative estimate of drug-likeness (QED) is 0.644. The fourth-order valence-electron chi connectivity index (χ4n) is 2.80. The number of rotatable bonds is 4. The molecule has 0 heterocycles. The van der Waals surface area contributed by atoms with Crippen molar-refractivity contribution in [1.29, 1.82) is 0 Å². The van der Waals surface area contributed by atoms with Crippen molar-refractivity contribution in [2.45, 2.75) is 39.7 Å². The van der Waals surface area contributed by atoms with Crippen LogP contribution < -0.4 is 0 Å². The summed E-state index contributed by atoms with van der Waals surface area (Å²) in [5.41, 5.74) is 1.04. The van der Waals surface area contributed by atoms with E-state index in [1.807, 2.05) is 44.2 Å². The highest BCUT2D eigenvalue weighted by Crippen LogP contribution is 2.35. The molecule has 5 nitrogen and oxygen atoms in total. The topological polar surface area (TPSA) is 87.0 Å². The summed E-state index contributed by atoms with van der Waals surface area (Å²) >= 11 is 0. The van der Waals surface area contributed by atoms with Gasteiger partial charge >= 0.3 is 5.97 Å². The normalized spacial score (nSPS) is 22.2. The van der Waals surface area contributed by atoms with Crippen LogP contribution in [0, 0.1) is 5.41 Å². The molecule has 0 aromatic heterocycles. The lowest BCUT2D eigenvalue weighted by molar-refractivity contribution is -0.138. The molecule has 1 unspecified atom stereocenters. The van der Waals surface area contributed by atoms with Gasteiger partial charge in [0.15, 0.2) is 5.78 Å². The van der Waals surface area contributed by atoms with Crippen LogP contribution in [-0.4, -0.2) is 33.7 Å². The predicted octanol–water partition coefficient (Wildman–Crippen LogP) is 3.82. The average Bonchev–Trinajstić information content (AvgIpc) is 2.52. The van der Waals surface area contributed by atoms with Crippen LogP contribution in [-0.2, 0) is 9.59 Å². The fraction of sp³-hybridized carbons (Fsp3) is 0.350. The van der Waals surface area contributed by atoms with Gasteiger partial charge in [-0.25, -0.2) is 4.79 Å². The standard InChI is InChI=1S/C20H23NO4/c1-13(19(24)25)21-15-11-20(2,3)12-17(23)18(15)16(22)10-9-14-7-5-4-6-8-14/h4-10,13,22H,11-12H2,1-3H3,(H,24,25)/b10-9+,18-16?,21-15?. The van der Waals surface area contributed by atoms with E-state index in [4.69, 9.17) is 5.11 Å². The Hall–Kier alpha value is -2.69. The second kappa shape index (κ2) is 7.47. The summed E-state index contributed by atoms with van der Waals surface area (Å²) in [5, 5.41) is 19.5. The van der Waals surface area contributed by atoms with Gasteiger partial charge in [0.25, 0.3) is 0 Å². The van der Waals surface area contributed by atoms with Crippen molar-refractivity contribution in [1.82, 2.24) is 0 Å². The molecule has 1 saturated carbocycles. The number of aliphatic carboxylic acids is 1. The number of allylic oxidation sites excluding steroid dienone is 2. The summed E-state index contributed by atoms with van der Waals surface area (Å²) in [6.07, 6.45) is 3.89. The molecular weight excluding hydrogens is 318 g/mol. The predicted molar refractivity (Wildman–Crippen MR) is 97.7 cm³/mol. The van der Waals surface area contributed by atoms with Crippen LogP contribution in [0.5, 0.6) is 0 Å². The number of hydrogen-bond donors (Lipinski definition) is 2. The molecule has 1 aliphatic carbocycles. The highest BCUT2D eigenvalue weighted by molar-refractivity contribution is 6.25. The number of benzene rings is 1. The number of hydrogen-bond acceptors (Lipinski definition) is 4. The Morgan fingerprint density at radius 3 is 2.44 bits per heavy atom. The van der Waals surface area contributed by atoms with E-state index in [2.05, 4.69) is 4.99 Å². The van der Waals surface area contributed by atoms with E-state index in [0.717, 1.165) is 5.56 Å². The Morgan fingerprint density at radius 1 is 1.20 bits per heavy atom. The molecule has 25 heavy (non-hydrogen) atoms. The minimum atomic E-state index is -1.07. The molecule has 0 saturated heterocycles. The van der Waals surface area contributed by atoms with Crippen molar-refractivity contribution >= 4 is 23.5 Å². The lowest BCUT2D eigenvalue weighted by Crippen LogP contribution is -2.33. The van der Waals surface area contributed by atoms with Gasteiger partial charge in [-0.1, -0.05) is 50.3 Å². The maximum atomic E-state index is 12.5. The molecule has 0 radical (unpaired) electrons. The fourth-order valence-corrected chi connectivity index (χ4v) is 2.80. The number of nitrogens with zero attached hydrogens (tertiary/aromatic N) is 1. The van der Waals surface area contributed by atoms with E-state index in [1.165, 1.54) is 13.0 Å². The number of Topliss-reactive ketones (excluding diaryl/α,β-unsaturated/α-hetero) is 1. The first-order valence-corrected chi connectivity index (χ1v) is 8.19. The molecule has 1 fully saturated rings. The lowest BCUT2D eigenvalue weighted by Gasteiger charge is -2.31. The third kappa shape index (κ3) is 4.89. The maximum absolute atomic E-state index is 12.5. The van der Waals surface area contributed by atoms with Crippen LogP contribution in [0.2, 0.25) is 0 Å². The van der Waals surface area contributed by atoms with Gasteiger partial charge in [0, 0.05) is 6.42 Å². The van der Waals surface area contributed by atoms with E-state index in [1.54, 1.807) is 6.08 Å². The van der Waals surface area contributed by atoms with Crippen LogP contribution in [0.3, 0.4) is 0 Å². The minimum absolute atomic E-state index is 0.125. The van der Waals surface area contributed by atoms with Gasteiger partial charge in [-0.3, -0.25) is 9.79 Å². The van der Waals surface area contributed by atoms with Crippen molar-refractivity contribution in [2.24, 2.45) is 10.4 Å². The molecule has 1 aliphatic rings. The Morgan fingerprint density at radius 2 is 1.84 bits per heavy atom. The molecule has 1 aromatic carbocycles. The Labute approximate surface area is 147 Å². The Kier molecular flexibility index (Phi) is 5.57. The Bertz CT molecular complexity index is 757. The summed E-state index contributed by atoms with van der Waals surface area (Å²) in [6.45, 7) is 5.31. The maximum Gasteiger partial charge on any atom is 0.328 e. The molecule has 2 rings (SSSR count). The third-order valence-electron chi connectivity index (χ3n) is 4.05. The van der Waals surface area contributed by atoms with Gasteiger partial charge in [-0.15, -0.1) is 0 Å². The summed E-state index contributed by atoms with van der Waals surface area (Å²) in [4.78, 5) is 27.8. The number of carbonyl (C=O) groups is 2. The average molecular weight is 341 g/mol. The zero-order valence-corrected chi connectivity index (χ0v) is 14.7. The first-order valence-electron chi connectivity index (χ1n) is 8.19. The number of ketones is 1. The summed E-state index contributed by atoms with van der Waals surface area (Å²) in [6, 6.07) is 8.42. The third-order valence-corrected chi connectivity index (χ3v) is 4.05. The smallest absolute Gasteiger partial charge is 0.328 e. The zero-order valence-electron chi connectivity index (χ0n) is 14.7. The molecule has 0 spiro atoms. The second-order valence-corrected chi connectivity index (χ2v) is 7.04. The highest BCUT2D eigenvalue weighted by Gasteiger charge is 2.36. The molecule has 5 heteroatoms. The second-order valence-electron chi connectivity index (χ2n) is 7.04. The van der Waals surface area contributed by atoms with Gasteiger partial charge in [0.2, 0.25) is 0 Å². The highest BCUT2D eigenvalue weighted by atomic mass is 16.4. The number of aliphatic hydroxyl groups excluding tert-OH is 1. The van der Waals surface area contributed by atoms with Crippen molar-refractivity contribution in [3.05, 3.63) is 53.3 Å². The molecule has 0 aliphatic heterocycles. The van der Waals surface area contributed by atoms with Crippen molar-refractivity contribution < 1.29 is 19.8 Å². The van der Waals surface area contributed by atoms with Crippen molar-refractivity contribution in [3.8, 4) is 0 Å². The SMILES string of the molecule is CC(N=C1CC(C)(C)CC(=O)C1=C(O)/C=C/c1ccccc1)C(=O)O. The van der Waals surface area contributed by atoms with Crippen LogP contribution in [0.25, 0.3) is 6.08 Å². The zero-order chi connectivity index (χ0) is 18.6. The summed E-state index contributed by atoms with van der Waals surface area (Å²) < 4.78 is 0. The number of carboxylic acid groups (broad SMARTS) is 1. The lowest BCUT2D eigenvalue weighted by atomic mass is 9.73. The van der Waals surface area contributed by atoms with E-state index < -0.39 is 12.0 Å². The molecule has 1 atom stereocenters. The largest absolute Gasteiger partial charge is 0.507 e. The van der Waals surface area contributed by atoms with Crippen molar-refractivity contribution in [2.75, 3.05) is 0 Å². The van der Waals surface area contributed by atoms with E-state index in [0.29, 0.717) is 12.1 Å². The molecule has 132 valence electrons. The van der Waals surface area contributed by atoms with Gasteiger partial charge < -0.3 is 10.2 Å². The van der Waals surface area contributed by atoms with Crippen LogP contribution in [0.15, 0.2) is 52.7 Å².